The molecule has 1 rings (SSSR count). The molecule has 7 nitrogen and oxygen atoms in total. The van der Waals surface area contributed by atoms with Gasteiger partial charge in [-0.15, -0.1) is 0 Å². The van der Waals surface area contributed by atoms with E-state index in [1.54, 1.807) is 7.05 Å². The molecule has 2 N–H and O–H groups in total. The first-order valence-electron chi connectivity index (χ1n) is 5.95. The van der Waals surface area contributed by atoms with E-state index < -0.39 is 4.92 Å². The van der Waals surface area contributed by atoms with E-state index in [1.807, 2.05) is 13.8 Å². The third-order valence-electron chi connectivity index (χ3n) is 3.07. The summed E-state index contributed by atoms with van der Waals surface area (Å²) in [6, 6.07) is 2.79. The highest BCUT2D eigenvalue weighted by molar-refractivity contribution is 5.93. The van der Waals surface area contributed by atoms with Crippen molar-refractivity contribution in [1.29, 1.82) is 0 Å². The molecular formula is C12H20N4O3. The fourth-order valence-corrected chi connectivity index (χ4v) is 1.87. The Morgan fingerprint density at radius 1 is 1.53 bits per heavy atom. The first-order chi connectivity index (χ1) is 8.69. The van der Waals surface area contributed by atoms with Gasteiger partial charge in [0.25, 0.3) is 5.91 Å². The van der Waals surface area contributed by atoms with E-state index >= 15 is 0 Å². The van der Waals surface area contributed by atoms with Crippen LogP contribution in [0.2, 0.25) is 0 Å². The molecular weight excluding hydrogens is 248 g/mol. The summed E-state index contributed by atoms with van der Waals surface area (Å²) in [5.74, 6) is -0.355. The Kier molecular flexibility index (Phi) is 4.31. The molecule has 0 unspecified atom stereocenters. The molecule has 19 heavy (non-hydrogen) atoms. The molecule has 1 heterocycles. The van der Waals surface area contributed by atoms with E-state index in [1.165, 1.54) is 28.6 Å². The van der Waals surface area contributed by atoms with Gasteiger partial charge in [0.05, 0.1) is 7.05 Å². The maximum atomic E-state index is 12.2. The summed E-state index contributed by atoms with van der Waals surface area (Å²) in [5, 5.41) is 10.7. The number of nitrogens with two attached hydrogens (primary N) is 1. The molecule has 0 aliphatic rings. The molecule has 0 fully saturated rings. The normalized spacial score (nSPS) is 11.4. The van der Waals surface area contributed by atoms with Gasteiger partial charge in [0.2, 0.25) is 0 Å². The first kappa shape index (κ1) is 15.2. The summed E-state index contributed by atoms with van der Waals surface area (Å²) < 4.78 is 1.29. The molecule has 1 amide bonds. The van der Waals surface area contributed by atoms with Crippen LogP contribution < -0.4 is 5.73 Å². The van der Waals surface area contributed by atoms with Gasteiger partial charge in [-0.25, -0.2) is 4.57 Å². The van der Waals surface area contributed by atoms with Crippen molar-refractivity contribution in [3.63, 3.8) is 0 Å². The predicted octanol–water partition coefficient (Wildman–Crippen LogP) is 0.990. The average Bonchev–Trinajstić information content (AvgIpc) is 2.69. The van der Waals surface area contributed by atoms with Gasteiger partial charge in [-0.1, -0.05) is 13.8 Å². The Balaban J connectivity index is 2.92. The van der Waals surface area contributed by atoms with E-state index in [0.717, 1.165) is 0 Å². The number of carbonyl (C=O) groups excluding carboxylic acids is 1. The van der Waals surface area contributed by atoms with E-state index in [9.17, 15) is 14.9 Å². The highest BCUT2D eigenvalue weighted by atomic mass is 16.6. The average molecular weight is 268 g/mol. The summed E-state index contributed by atoms with van der Waals surface area (Å²) in [5.41, 5.74) is 5.74. The lowest BCUT2D eigenvalue weighted by molar-refractivity contribution is -0.391. The van der Waals surface area contributed by atoms with E-state index in [4.69, 9.17) is 5.73 Å². The van der Waals surface area contributed by atoms with Gasteiger partial charge in [0, 0.05) is 19.7 Å². The van der Waals surface area contributed by atoms with Crippen LogP contribution in [0, 0.1) is 15.5 Å². The maximum absolute atomic E-state index is 12.2. The molecule has 0 saturated carbocycles. The second kappa shape index (κ2) is 5.40. The van der Waals surface area contributed by atoms with Gasteiger partial charge in [-0.2, -0.15) is 0 Å². The molecule has 0 spiro atoms. The van der Waals surface area contributed by atoms with Crippen molar-refractivity contribution in [2.75, 3.05) is 20.1 Å². The van der Waals surface area contributed by atoms with Crippen LogP contribution in [0.25, 0.3) is 0 Å². The predicted molar refractivity (Wildman–Crippen MR) is 71.9 cm³/mol. The molecule has 0 aliphatic heterocycles. The zero-order chi connectivity index (χ0) is 14.8. The van der Waals surface area contributed by atoms with Crippen molar-refractivity contribution < 1.29 is 9.72 Å². The van der Waals surface area contributed by atoms with Crippen molar-refractivity contribution in [2.24, 2.45) is 18.2 Å². The summed E-state index contributed by atoms with van der Waals surface area (Å²) in [6.45, 7) is 4.87. The smallest absolute Gasteiger partial charge is 0.323 e. The summed E-state index contributed by atoms with van der Waals surface area (Å²) >= 11 is 0. The van der Waals surface area contributed by atoms with E-state index in [-0.39, 0.29) is 17.1 Å². The molecule has 106 valence electrons. The molecule has 0 aliphatic carbocycles. The van der Waals surface area contributed by atoms with Gasteiger partial charge in [0.1, 0.15) is 0 Å². The largest absolute Gasteiger partial charge is 0.358 e. The molecule has 1 aromatic rings. The van der Waals surface area contributed by atoms with Crippen molar-refractivity contribution >= 4 is 11.7 Å². The molecule has 7 heteroatoms. The molecule has 1 aromatic heterocycles. The number of nitrogens with zero attached hydrogens (tertiary/aromatic N) is 3. The second-order valence-corrected chi connectivity index (χ2v) is 5.42. The lowest BCUT2D eigenvalue weighted by Gasteiger charge is -2.28. The Bertz CT molecular complexity index is 493. The fraction of sp³-hybridized carbons (Fsp3) is 0.583. The molecule has 0 radical (unpaired) electrons. The number of hydrogen-bond donors (Lipinski definition) is 1. The van der Waals surface area contributed by atoms with E-state index in [2.05, 4.69) is 0 Å². The van der Waals surface area contributed by atoms with Crippen molar-refractivity contribution in [1.82, 2.24) is 9.47 Å². The Labute approximate surface area is 112 Å². The number of nitro groups is 1. The number of hydrogen-bond acceptors (Lipinski definition) is 4. The van der Waals surface area contributed by atoms with Gasteiger partial charge in [0.15, 0.2) is 5.69 Å². The van der Waals surface area contributed by atoms with Crippen molar-refractivity contribution in [3.8, 4) is 0 Å². The van der Waals surface area contributed by atoms with Crippen LogP contribution in [0.15, 0.2) is 12.1 Å². The molecule has 0 atom stereocenters. The SMILES string of the molecule is CN(CC(C)(C)CN)C(=O)c1ccc([N+](=O)[O-])n1C. The quantitative estimate of drug-likeness (QED) is 0.636. The topological polar surface area (TPSA) is 94.4 Å². The Morgan fingerprint density at radius 2 is 2.11 bits per heavy atom. The molecule has 0 aromatic carbocycles. The second-order valence-electron chi connectivity index (χ2n) is 5.42. The Morgan fingerprint density at radius 3 is 2.53 bits per heavy atom. The minimum Gasteiger partial charge on any atom is -0.358 e. The lowest BCUT2D eigenvalue weighted by Crippen LogP contribution is -2.40. The zero-order valence-corrected chi connectivity index (χ0v) is 11.7. The van der Waals surface area contributed by atoms with Crippen LogP contribution in [0.5, 0.6) is 0 Å². The lowest BCUT2D eigenvalue weighted by atomic mass is 9.93. The summed E-state index contributed by atoms with van der Waals surface area (Å²) in [4.78, 5) is 24.0. The van der Waals surface area contributed by atoms with Crippen LogP contribution in [-0.4, -0.2) is 40.4 Å². The maximum Gasteiger partial charge on any atom is 0.323 e. The third kappa shape index (κ3) is 3.31. The number of aromatic nitrogens is 1. The van der Waals surface area contributed by atoms with E-state index in [0.29, 0.717) is 18.8 Å². The summed E-state index contributed by atoms with van der Waals surface area (Å²) in [6.07, 6.45) is 0. The fourth-order valence-electron chi connectivity index (χ4n) is 1.87. The van der Waals surface area contributed by atoms with Crippen molar-refractivity contribution in [2.45, 2.75) is 13.8 Å². The Hall–Kier alpha value is -1.89. The van der Waals surface area contributed by atoms with Crippen molar-refractivity contribution in [3.05, 3.63) is 27.9 Å². The van der Waals surface area contributed by atoms with Crippen LogP contribution in [-0.2, 0) is 7.05 Å². The number of carbonyl (C=O) groups is 1. The number of amides is 1. The zero-order valence-electron chi connectivity index (χ0n) is 11.7. The third-order valence-corrected chi connectivity index (χ3v) is 3.07. The monoisotopic (exact) mass is 268 g/mol. The van der Waals surface area contributed by atoms with Crippen LogP contribution >= 0.6 is 0 Å². The minimum atomic E-state index is -0.513. The van der Waals surface area contributed by atoms with Crippen LogP contribution in [0.4, 0.5) is 5.82 Å². The molecule has 0 saturated heterocycles. The van der Waals surface area contributed by atoms with Gasteiger partial charge in [-0.3, -0.25) is 4.79 Å². The molecule has 0 bridgehead atoms. The van der Waals surface area contributed by atoms with Gasteiger partial charge in [-0.05, 0) is 22.9 Å². The standard InChI is InChI=1S/C12H20N4O3/c1-12(2,7-13)8-14(3)11(17)9-5-6-10(15(9)4)16(18)19/h5-6H,7-8,13H2,1-4H3. The highest BCUT2D eigenvalue weighted by Gasteiger charge is 2.26. The number of rotatable bonds is 5. The van der Waals surface area contributed by atoms with Gasteiger partial charge < -0.3 is 20.7 Å². The van der Waals surface area contributed by atoms with Crippen LogP contribution in [0.1, 0.15) is 24.3 Å². The van der Waals surface area contributed by atoms with Gasteiger partial charge >= 0.3 is 5.82 Å². The highest BCUT2D eigenvalue weighted by Crippen LogP contribution is 2.19. The van der Waals surface area contributed by atoms with Crippen LogP contribution in [0.3, 0.4) is 0 Å². The minimum absolute atomic E-state index is 0.102. The summed E-state index contributed by atoms with van der Waals surface area (Å²) in [7, 11) is 3.17. The first-order valence-corrected chi connectivity index (χ1v) is 5.95.